The second kappa shape index (κ2) is 21.0. The minimum atomic E-state index is -0.142. The van der Waals surface area contributed by atoms with E-state index in [1.807, 2.05) is 12.1 Å². The molecule has 0 spiro atoms. The van der Waals surface area contributed by atoms with E-state index in [0.29, 0.717) is 78.2 Å². The van der Waals surface area contributed by atoms with E-state index in [1.165, 1.54) is 19.3 Å². The summed E-state index contributed by atoms with van der Waals surface area (Å²) < 4.78 is 32.3. The first-order valence-electron chi connectivity index (χ1n) is 11.7. The third kappa shape index (κ3) is 17.8. The molecular formula is C24H41NO7. The summed E-state index contributed by atoms with van der Waals surface area (Å²) in [6, 6.07) is 7.25. The third-order valence-corrected chi connectivity index (χ3v) is 4.47. The number of unbranched alkanes of at least 4 members (excludes halogenated alkanes) is 4. The number of rotatable bonds is 22. The van der Waals surface area contributed by atoms with Gasteiger partial charge < -0.3 is 34.2 Å². The van der Waals surface area contributed by atoms with Gasteiger partial charge in [-0.25, -0.2) is 0 Å². The van der Waals surface area contributed by atoms with Crippen molar-refractivity contribution in [1.29, 1.82) is 0 Å². The van der Waals surface area contributed by atoms with E-state index >= 15 is 0 Å². The SMILES string of the molecule is CCCCCCCC(=O)OCCOCCOCCOCCOCCOc1ccc(N)cc1. The number of nitrogen functional groups attached to an aromatic ring is 1. The zero-order valence-corrected chi connectivity index (χ0v) is 19.6. The maximum atomic E-state index is 11.5. The van der Waals surface area contributed by atoms with E-state index in [0.717, 1.165) is 18.6 Å². The van der Waals surface area contributed by atoms with Crippen molar-refractivity contribution < 1.29 is 33.2 Å². The normalized spacial score (nSPS) is 10.9. The van der Waals surface area contributed by atoms with Crippen molar-refractivity contribution in [1.82, 2.24) is 0 Å². The monoisotopic (exact) mass is 455 g/mol. The average molecular weight is 456 g/mol. The second-order valence-electron chi connectivity index (χ2n) is 7.25. The third-order valence-electron chi connectivity index (χ3n) is 4.47. The predicted molar refractivity (Wildman–Crippen MR) is 124 cm³/mol. The van der Waals surface area contributed by atoms with Gasteiger partial charge in [-0.15, -0.1) is 0 Å². The summed E-state index contributed by atoms with van der Waals surface area (Å²) in [6.45, 7) is 6.78. The Balaban J connectivity index is 1.73. The minimum absolute atomic E-state index is 0.142. The van der Waals surface area contributed by atoms with E-state index in [1.54, 1.807) is 12.1 Å². The fraction of sp³-hybridized carbons (Fsp3) is 0.708. The molecule has 0 unspecified atom stereocenters. The van der Waals surface area contributed by atoms with Crippen molar-refractivity contribution in [2.45, 2.75) is 45.4 Å². The van der Waals surface area contributed by atoms with Gasteiger partial charge in [0.25, 0.3) is 0 Å². The zero-order chi connectivity index (χ0) is 23.1. The molecule has 1 aromatic rings. The summed E-state index contributed by atoms with van der Waals surface area (Å²) >= 11 is 0. The number of nitrogens with two attached hydrogens (primary N) is 1. The molecule has 32 heavy (non-hydrogen) atoms. The number of hydrogen-bond acceptors (Lipinski definition) is 8. The van der Waals surface area contributed by atoms with Crippen LogP contribution in [0, 0.1) is 0 Å². The number of anilines is 1. The summed E-state index contributed by atoms with van der Waals surface area (Å²) in [6.07, 6.45) is 6.11. The molecule has 0 bridgehead atoms. The lowest BCUT2D eigenvalue weighted by Gasteiger charge is -2.09. The van der Waals surface area contributed by atoms with Crippen LogP contribution < -0.4 is 10.5 Å². The molecule has 1 rings (SSSR count). The van der Waals surface area contributed by atoms with Gasteiger partial charge in [0, 0.05) is 12.1 Å². The molecule has 0 atom stereocenters. The zero-order valence-electron chi connectivity index (χ0n) is 19.6. The lowest BCUT2D eigenvalue weighted by Crippen LogP contribution is -2.15. The largest absolute Gasteiger partial charge is 0.491 e. The standard InChI is InChI=1S/C24H41NO7/c1-2-3-4-5-6-7-24(26)32-21-19-30-17-15-28-13-12-27-14-16-29-18-20-31-23-10-8-22(25)9-11-23/h8-11H,2-7,12-21,25H2,1H3. The molecule has 0 saturated heterocycles. The fourth-order valence-electron chi connectivity index (χ4n) is 2.70. The molecule has 8 heteroatoms. The van der Waals surface area contributed by atoms with Gasteiger partial charge in [-0.2, -0.15) is 0 Å². The quantitative estimate of drug-likeness (QED) is 0.161. The molecule has 0 aliphatic heterocycles. The van der Waals surface area contributed by atoms with Gasteiger partial charge in [0.05, 0.1) is 52.9 Å². The highest BCUT2D eigenvalue weighted by atomic mass is 16.6. The molecule has 8 nitrogen and oxygen atoms in total. The molecule has 0 amide bonds. The van der Waals surface area contributed by atoms with E-state index in [2.05, 4.69) is 6.92 Å². The summed E-state index contributed by atoms with van der Waals surface area (Å²) in [5.74, 6) is 0.631. The average Bonchev–Trinajstić information content (AvgIpc) is 2.80. The Kier molecular flexibility index (Phi) is 18.5. The van der Waals surface area contributed by atoms with E-state index in [-0.39, 0.29) is 5.97 Å². The molecule has 2 N–H and O–H groups in total. The van der Waals surface area contributed by atoms with Crippen molar-refractivity contribution in [2.75, 3.05) is 71.8 Å². The van der Waals surface area contributed by atoms with Crippen LogP contribution in [0.2, 0.25) is 0 Å². The van der Waals surface area contributed by atoms with Crippen LogP contribution >= 0.6 is 0 Å². The van der Waals surface area contributed by atoms with E-state index in [9.17, 15) is 4.79 Å². The Labute approximate surface area is 192 Å². The topological polar surface area (TPSA) is 98.5 Å². The number of benzene rings is 1. The van der Waals surface area contributed by atoms with Crippen molar-refractivity contribution in [3.8, 4) is 5.75 Å². The lowest BCUT2D eigenvalue weighted by atomic mass is 10.1. The van der Waals surface area contributed by atoms with Crippen LogP contribution in [0.4, 0.5) is 5.69 Å². The van der Waals surface area contributed by atoms with Crippen LogP contribution in [-0.4, -0.2) is 72.0 Å². The summed E-state index contributed by atoms with van der Waals surface area (Å²) in [5.41, 5.74) is 6.33. The Morgan fingerprint density at radius 3 is 1.75 bits per heavy atom. The number of ether oxygens (including phenoxy) is 6. The lowest BCUT2D eigenvalue weighted by molar-refractivity contribution is -0.145. The highest BCUT2D eigenvalue weighted by Gasteiger charge is 2.02. The van der Waals surface area contributed by atoms with Gasteiger partial charge >= 0.3 is 5.97 Å². The van der Waals surface area contributed by atoms with Crippen molar-refractivity contribution >= 4 is 11.7 Å². The van der Waals surface area contributed by atoms with Crippen LogP contribution in [0.3, 0.4) is 0 Å². The first-order chi connectivity index (χ1) is 15.7. The molecule has 0 aliphatic rings. The van der Waals surface area contributed by atoms with Crippen molar-refractivity contribution in [2.24, 2.45) is 0 Å². The second-order valence-corrected chi connectivity index (χ2v) is 7.25. The van der Waals surface area contributed by atoms with Crippen LogP contribution in [0.15, 0.2) is 24.3 Å². The Morgan fingerprint density at radius 2 is 1.19 bits per heavy atom. The molecule has 0 heterocycles. The molecule has 0 radical (unpaired) electrons. The smallest absolute Gasteiger partial charge is 0.305 e. The van der Waals surface area contributed by atoms with Crippen LogP contribution in [-0.2, 0) is 28.5 Å². The molecule has 0 saturated carbocycles. The Morgan fingerprint density at radius 1 is 0.688 bits per heavy atom. The minimum Gasteiger partial charge on any atom is -0.491 e. The number of hydrogen-bond donors (Lipinski definition) is 1. The van der Waals surface area contributed by atoms with Crippen LogP contribution in [0.5, 0.6) is 5.75 Å². The highest BCUT2D eigenvalue weighted by molar-refractivity contribution is 5.69. The Hall–Kier alpha value is -1.87. The molecule has 0 fully saturated rings. The van der Waals surface area contributed by atoms with Crippen molar-refractivity contribution in [3.05, 3.63) is 24.3 Å². The molecule has 1 aromatic carbocycles. The number of carbonyl (C=O) groups is 1. The van der Waals surface area contributed by atoms with Gasteiger partial charge in [0.15, 0.2) is 0 Å². The summed E-state index contributed by atoms with van der Waals surface area (Å²) in [7, 11) is 0. The molecule has 0 aromatic heterocycles. The van der Waals surface area contributed by atoms with Crippen molar-refractivity contribution in [3.63, 3.8) is 0 Å². The molecule has 184 valence electrons. The van der Waals surface area contributed by atoms with E-state index in [4.69, 9.17) is 34.2 Å². The van der Waals surface area contributed by atoms with Gasteiger partial charge in [-0.05, 0) is 30.7 Å². The van der Waals surface area contributed by atoms with Gasteiger partial charge in [0.2, 0.25) is 0 Å². The summed E-state index contributed by atoms with van der Waals surface area (Å²) in [5, 5.41) is 0. The first kappa shape index (κ1) is 28.2. The van der Waals surface area contributed by atoms with Crippen LogP contribution in [0.25, 0.3) is 0 Å². The number of esters is 1. The van der Waals surface area contributed by atoms with Gasteiger partial charge in [-0.1, -0.05) is 32.6 Å². The van der Waals surface area contributed by atoms with E-state index < -0.39 is 0 Å². The van der Waals surface area contributed by atoms with Gasteiger partial charge in [-0.3, -0.25) is 4.79 Å². The maximum absolute atomic E-state index is 11.5. The predicted octanol–water partition coefficient (Wildman–Crippen LogP) is 3.62. The summed E-state index contributed by atoms with van der Waals surface area (Å²) in [4.78, 5) is 11.5. The first-order valence-corrected chi connectivity index (χ1v) is 11.7. The number of carbonyl (C=O) groups excluding carboxylic acids is 1. The molecule has 0 aliphatic carbocycles. The Bertz CT molecular complexity index is 554. The molecular weight excluding hydrogens is 414 g/mol. The van der Waals surface area contributed by atoms with Gasteiger partial charge in [0.1, 0.15) is 19.0 Å². The highest BCUT2D eigenvalue weighted by Crippen LogP contribution is 2.12. The maximum Gasteiger partial charge on any atom is 0.305 e. The van der Waals surface area contributed by atoms with Crippen LogP contribution in [0.1, 0.15) is 45.4 Å². The fourth-order valence-corrected chi connectivity index (χ4v) is 2.70.